The fraction of sp³-hybridized carbons (Fsp3) is 0.600. The average Bonchev–Trinajstić information content (AvgIpc) is 2.56. The molecule has 0 bridgehead atoms. The van der Waals surface area contributed by atoms with Crippen LogP contribution in [0, 0.1) is 5.41 Å². The molecule has 0 atom stereocenters. The van der Waals surface area contributed by atoms with Gasteiger partial charge in [-0.05, 0) is 0 Å². The van der Waals surface area contributed by atoms with E-state index in [-0.39, 0.29) is 5.41 Å². The van der Waals surface area contributed by atoms with Gasteiger partial charge in [0.1, 0.15) is 0 Å². The summed E-state index contributed by atoms with van der Waals surface area (Å²) in [6, 6.07) is 0. The van der Waals surface area contributed by atoms with Gasteiger partial charge in [-0.1, -0.05) is 24.8 Å². The molecule has 0 aromatic carbocycles. The Morgan fingerprint density at radius 2 is 2.38 bits per heavy atom. The molecule has 0 saturated carbocycles. The fourth-order valence-corrected chi connectivity index (χ4v) is 2.55. The van der Waals surface area contributed by atoms with Crippen molar-refractivity contribution in [1.29, 1.82) is 0 Å². The molecule has 16 heavy (non-hydrogen) atoms. The molecule has 1 aromatic heterocycles. The molecule has 1 fully saturated rings. The normalized spacial score (nSPS) is 18.1. The molecule has 1 aromatic rings. The third-order valence-electron chi connectivity index (χ3n) is 2.51. The first-order chi connectivity index (χ1) is 7.64. The molecule has 6 heteroatoms. The quantitative estimate of drug-likeness (QED) is 0.618. The lowest BCUT2D eigenvalue weighted by molar-refractivity contribution is -0.0861. The molecule has 0 unspecified atom stereocenters. The number of hydrogen-bond acceptors (Lipinski definition) is 5. The van der Waals surface area contributed by atoms with E-state index in [0.717, 1.165) is 24.1 Å². The van der Waals surface area contributed by atoms with Crippen molar-refractivity contribution in [1.82, 2.24) is 14.8 Å². The summed E-state index contributed by atoms with van der Waals surface area (Å²) in [6.07, 6.45) is 1.79. The molecule has 0 radical (unpaired) electrons. The van der Waals surface area contributed by atoms with Crippen molar-refractivity contribution in [3.63, 3.8) is 0 Å². The van der Waals surface area contributed by atoms with Crippen LogP contribution in [0.3, 0.4) is 0 Å². The standard InChI is InChI=1S/C10H16N4OS/c1-3-4-14-8(11)12-13-9(14)16-7-10(2)5-15-6-10/h3H,1,4-7H2,2H3,(H2,11,12). The average molecular weight is 240 g/mol. The molecular weight excluding hydrogens is 224 g/mol. The summed E-state index contributed by atoms with van der Waals surface area (Å²) in [5.74, 6) is 1.42. The van der Waals surface area contributed by atoms with E-state index >= 15 is 0 Å². The Balaban J connectivity index is 2.00. The number of aromatic nitrogens is 3. The monoisotopic (exact) mass is 240 g/mol. The van der Waals surface area contributed by atoms with Crippen LogP contribution < -0.4 is 5.73 Å². The molecule has 2 N–H and O–H groups in total. The minimum Gasteiger partial charge on any atom is -0.380 e. The van der Waals surface area contributed by atoms with E-state index in [4.69, 9.17) is 10.5 Å². The van der Waals surface area contributed by atoms with E-state index < -0.39 is 0 Å². The van der Waals surface area contributed by atoms with Crippen LogP contribution in [0.1, 0.15) is 6.92 Å². The summed E-state index contributed by atoms with van der Waals surface area (Å²) in [4.78, 5) is 0. The summed E-state index contributed by atoms with van der Waals surface area (Å²) in [5, 5.41) is 8.78. The Morgan fingerprint density at radius 3 is 2.94 bits per heavy atom. The molecule has 1 aliphatic rings. The molecule has 1 saturated heterocycles. The van der Waals surface area contributed by atoms with Crippen molar-refractivity contribution in [2.45, 2.75) is 18.6 Å². The third-order valence-corrected chi connectivity index (χ3v) is 3.91. The van der Waals surface area contributed by atoms with Gasteiger partial charge in [0.05, 0.1) is 13.2 Å². The SMILES string of the molecule is C=CCn1c(N)nnc1SCC1(C)COC1. The molecule has 0 spiro atoms. The molecule has 0 amide bonds. The maximum Gasteiger partial charge on any atom is 0.222 e. The van der Waals surface area contributed by atoms with Gasteiger partial charge in [-0.25, -0.2) is 0 Å². The first-order valence-electron chi connectivity index (χ1n) is 5.15. The van der Waals surface area contributed by atoms with Crippen LogP contribution in [-0.2, 0) is 11.3 Å². The van der Waals surface area contributed by atoms with Crippen LogP contribution in [0.5, 0.6) is 0 Å². The summed E-state index contributed by atoms with van der Waals surface area (Å²) in [7, 11) is 0. The Morgan fingerprint density at radius 1 is 1.62 bits per heavy atom. The number of ether oxygens (including phenoxy) is 1. The van der Waals surface area contributed by atoms with Crippen molar-refractivity contribution in [3.8, 4) is 0 Å². The van der Waals surface area contributed by atoms with E-state index in [1.807, 2.05) is 4.57 Å². The fourth-order valence-electron chi connectivity index (χ4n) is 1.48. The van der Waals surface area contributed by atoms with Gasteiger partial charge in [-0.3, -0.25) is 4.57 Å². The predicted molar refractivity (Wildman–Crippen MR) is 64.3 cm³/mol. The minimum absolute atomic E-state index is 0.268. The zero-order valence-electron chi connectivity index (χ0n) is 9.35. The molecule has 0 aliphatic carbocycles. The van der Waals surface area contributed by atoms with Crippen LogP contribution in [0.2, 0.25) is 0 Å². The highest BCUT2D eigenvalue weighted by atomic mass is 32.2. The van der Waals surface area contributed by atoms with Gasteiger partial charge in [0.25, 0.3) is 0 Å². The maximum atomic E-state index is 5.72. The molecular formula is C10H16N4OS. The van der Waals surface area contributed by atoms with E-state index in [9.17, 15) is 0 Å². The van der Waals surface area contributed by atoms with E-state index in [0.29, 0.717) is 12.5 Å². The van der Waals surface area contributed by atoms with Crippen molar-refractivity contribution in [2.24, 2.45) is 5.41 Å². The Labute approximate surface area is 99.1 Å². The van der Waals surface area contributed by atoms with Crippen LogP contribution in [0.4, 0.5) is 5.95 Å². The second-order valence-electron chi connectivity index (χ2n) is 4.33. The molecule has 2 heterocycles. The summed E-state index contributed by atoms with van der Waals surface area (Å²) in [5.41, 5.74) is 5.99. The Hall–Kier alpha value is -1.01. The van der Waals surface area contributed by atoms with Gasteiger partial charge in [0.2, 0.25) is 5.95 Å². The maximum absolute atomic E-state index is 5.72. The number of nitrogens with zero attached hydrogens (tertiary/aromatic N) is 3. The van der Waals surface area contributed by atoms with Crippen LogP contribution in [0.15, 0.2) is 17.8 Å². The van der Waals surface area contributed by atoms with Crippen molar-refractivity contribution >= 4 is 17.7 Å². The molecule has 5 nitrogen and oxygen atoms in total. The Bertz CT molecular complexity index is 386. The Kier molecular flexibility index (Phi) is 3.20. The number of thioether (sulfide) groups is 1. The second kappa shape index (κ2) is 4.47. The zero-order valence-corrected chi connectivity index (χ0v) is 10.2. The number of nitrogens with two attached hydrogens (primary N) is 1. The minimum atomic E-state index is 0.268. The smallest absolute Gasteiger partial charge is 0.222 e. The van der Waals surface area contributed by atoms with Crippen LogP contribution in [-0.4, -0.2) is 33.7 Å². The zero-order chi connectivity index (χ0) is 11.6. The second-order valence-corrected chi connectivity index (χ2v) is 5.27. The highest BCUT2D eigenvalue weighted by Crippen LogP contribution is 2.33. The first kappa shape index (κ1) is 11.5. The summed E-state index contributed by atoms with van der Waals surface area (Å²) in [6.45, 7) is 8.20. The van der Waals surface area contributed by atoms with Crippen molar-refractivity contribution in [2.75, 3.05) is 24.7 Å². The summed E-state index contributed by atoms with van der Waals surface area (Å²) < 4.78 is 7.07. The number of allylic oxidation sites excluding steroid dienone is 1. The lowest BCUT2D eigenvalue weighted by atomic mass is 9.92. The summed E-state index contributed by atoms with van der Waals surface area (Å²) >= 11 is 1.67. The van der Waals surface area contributed by atoms with Gasteiger partial charge in [0, 0.05) is 17.7 Å². The highest BCUT2D eigenvalue weighted by molar-refractivity contribution is 7.99. The van der Waals surface area contributed by atoms with E-state index in [1.165, 1.54) is 0 Å². The van der Waals surface area contributed by atoms with Gasteiger partial charge in [-0.2, -0.15) is 0 Å². The molecule has 88 valence electrons. The van der Waals surface area contributed by atoms with Gasteiger partial charge in [-0.15, -0.1) is 16.8 Å². The van der Waals surface area contributed by atoms with E-state index in [2.05, 4.69) is 23.7 Å². The third kappa shape index (κ3) is 2.22. The van der Waals surface area contributed by atoms with Crippen LogP contribution >= 0.6 is 11.8 Å². The van der Waals surface area contributed by atoms with Crippen molar-refractivity contribution < 1.29 is 4.74 Å². The van der Waals surface area contributed by atoms with Crippen LogP contribution in [0.25, 0.3) is 0 Å². The lowest BCUT2D eigenvalue weighted by Crippen LogP contribution is -2.41. The molecule has 2 rings (SSSR count). The van der Waals surface area contributed by atoms with Gasteiger partial charge in [0.15, 0.2) is 5.16 Å². The lowest BCUT2D eigenvalue weighted by Gasteiger charge is -2.37. The van der Waals surface area contributed by atoms with Gasteiger partial charge < -0.3 is 10.5 Å². The first-order valence-corrected chi connectivity index (χ1v) is 6.13. The number of rotatable bonds is 5. The highest BCUT2D eigenvalue weighted by Gasteiger charge is 2.33. The van der Waals surface area contributed by atoms with Gasteiger partial charge >= 0.3 is 0 Å². The largest absolute Gasteiger partial charge is 0.380 e. The van der Waals surface area contributed by atoms with Crippen molar-refractivity contribution in [3.05, 3.63) is 12.7 Å². The number of anilines is 1. The number of hydrogen-bond donors (Lipinski definition) is 1. The topological polar surface area (TPSA) is 66.0 Å². The predicted octanol–water partition coefficient (Wildman–Crippen LogP) is 1.17. The number of nitrogen functional groups attached to an aromatic ring is 1. The van der Waals surface area contributed by atoms with E-state index in [1.54, 1.807) is 17.8 Å². The molecule has 1 aliphatic heterocycles.